The molecule has 2 aromatic rings. The summed E-state index contributed by atoms with van der Waals surface area (Å²) in [6.07, 6.45) is -3.98. The lowest BCUT2D eigenvalue weighted by Crippen LogP contribution is -2.44. The lowest BCUT2D eigenvalue weighted by molar-refractivity contribution is -0.137. The zero-order chi connectivity index (χ0) is 24.9. The Morgan fingerprint density at radius 3 is 2.41 bits per heavy atom. The molecule has 1 aliphatic heterocycles. The Bertz CT molecular complexity index is 1100. The number of anilines is 1. The number of benzene rings is 2. The van der Waals surface area contributed by atoms with Gasteiger partial charge >= 0.3 is 6.18 Å². The molecule has 1 aliphatic rings. The first-order valence-corrected chi connectivity index (χ1v) is 12.7. The molecule has 0 unspecified atom stereocenters. The number of piperidine rings is 1. The van der Waals surface area contributed by atoms with Gasteiger partial charge in [0.25, 0.3) is 0 Å². The van der Waals surface area contributed by atoms with Gasteiger partial charge < -0.3 is 10.2 Å². The van der Waals surface area contributed by atoms with Gasteiger partial charge in [0.2, 0.25) is 15.9 Å². The fraction of sp³-hybridized carbons (Fsp3) is 0.458. The molecule has 0 bridgehead atoms. The third-order valence-corrected chi connectivity index (χ3v) is 7.95. The number of alkyl halides is 3. The van der Waals surface area contributed by atoms with E-state index in [9.17, 15) is 26.4 Å². The first-order chi connectivity index (χ1) is 16.0. The van der Waals surface area contributed by atoms with E-state index < -0.39 is 21.8 Å². The molecule has 1 heterocycles. The Morgan fingerprint density at radius 1 is 1.12 bits per heavy atom. The Hall–Kier alpha value is -2.59. The summed E-state index contributed by atoms with van der Waals surface area (Å²) in [5.74, 6) is -0.460. The maximum absolute atomic E-state index is 13.0. The minimum atomic E-state index is -4.62. The van der Waals surface area contributed by atoms with Gasteiger partial charge in [-0.2, -0.15) is 17.5 Å². The highest BCUT2D eigenvalue weighted by Crippen LogP contribution is 2.32. The molecule has 6 nitrogen and oxygen atoms in total. The SMILES string of the molecule is CCN(CCNC(=O)C1CCN(S(=O)(=O)c2cccc(C(F)(F)F)c2)CC1)c1cccc(C)c1. The van der Waals surface area contributed by atoms with Crippen LogP contribution in [-0.4, -0.2) is 51.4 Å². The molecule has 2 aromatic carbocycles. The van der Waals surface area contributed by atoms with E-state index in [1.165, 1.54) is 0 Å². The first kappa shape index (κ1) is 26.0. The molecular formula is C24H30F3N3O3S. The van der Waals surface area contributed by atoms with E-state index in [0.29, 0.717) is 32.0 Å². The summed E-state index contributed by atoms with van der Waals surface area (Å²) >= 11 is 0. The van der Waals surface area contributed by atoms with Crippen LogP contribution in [-0.2, 0) is 21.0 Å². The van der Waals surface area contributed by atoms with Gasteiger partial charge in [-0.05, 0) is 62.6 Å². The van der Waals surface area contributed by atoms with Crippen molar-refractivity contribution < 1.29 is 26.4 Å². The first-order valence-electron chi connectivity index (χ1n) is 11.3. The number of halogens is 3. The molecule has 34 heavy (non-hydrogen) atoms. The third-order valence-electron chi connectivity index (χ3n) is 6.05. The van der Waals surface area contributed by atoms with E-state index in [-0.39, 0.29) is 29.8 Å². The number of aryl methyl sites for hydroxylation is 1. The summed E-state index contributed by atoms with van der Waals surface area (Å²) in [4.78, 5) is 14.4. The van der Waals surface area contributed by atoms with E-state index in [1.807, 2.05) is 32.0 Å². The summed E-state index contributed by atoms with van der Waals surface area (Å²) in [5.41, 5.74) is 1.24. The van der Waals surface area contributed by atoms with E-state index in [2.05, 4.69) is 16.3 Å². The van der Waals surface area contributed by atoms with Crippen LogP contribution in [0, 0.1) is 12.8 Å². The van der Waals surface area contributed by atoms with Crippen LogP contribution >= 0.6 is 0 Å². The van der Waals surface area contributed by atoms with E-state index in [1.54, 1.807) is 0 Å². The van der Waals surface area contributed by atoms with Gasteiger partial charge in [-0.15, -0.1) is 0 Å². The number of amides is 1. The van der Waals surface area contributed by atoms with Crippen molar-refractivity contribution in [2.75, 3.05) is 37.6 Å². The molecule has 0 radical (unpaired) electrons. The van der Waals surface area contributed by atoms with Crippen molar-refractivity contribution in [3.05, 3.63) is 59.7 Å². The predicted molar refractivity (Wildman–Crippen MR) is 125 cm³/mol. The van der Waals surface area contributed by atoms with Crippen LogP contribution in [0.15, 0.2) is 53.4 Å². The number of carbonyl (C=O) groups excluding carboxylic acids is 1. The molecule has 3 rings (SSSR count). The zero-order valence-corrected chi connectivity index (χ0v) is 20.1. The highest BCUT2D eigenvalue weighted by molar-refractivity contribution is 7.89. The Labute approximate surface area is 198 Å². The summed E-state index contributed by atoms with van der Waals surface area (Å²) < 4.78 is 65.7. The van der Waals surface area contributed by atoms with E-state index in [4.69, 9.17) is 0 Å². The van der Waals surface area contributed by atoms with Gasteiger partial charge in [0, 0.05) is 44.3 Å². The quantitative estimate of drug-likeness (QED) is 0.597. The largest absolute Gasteiger partial charge is 0.416 e. The standard InChI is InChI=1S/C24H30F3N3O3S/c1-3-29(21-8-4-6-18(2)16-21)15-12-28-23(31)19-10-13-30(14-11-19)34(32,33)22-9-5-7-20(17-22)24(25,26)27/h4-9,16-17,19H,3,10-15H2,1-2H3,(H,28,31). The maximum Gasteiger partial charge on any atom is 0.416 e. The Morgan fingerprint density at radius 2 is 1.79 bits per heavy atom. The molecule has 0 spiro atoms. The van der Waals surface area contributed by atoms with Gasteiger partial charge in [-0.3, -0.25) is 4.79 Å². The van der Waals surface area contributed by atoms with Crippen LogP contribution in [0.3, 0.4) is 0 Å². The second-order valence-electron chi connectivity index (χ2n) is 8.41. The summed E-state index contributed by atoms with van der Waals surface area (Å²) in [5, 5.41) is 2.94. The number of rotatable bonds is 8. The average molecular weight is 498 g/mol. The number of nitrogens with one attached hydrogen (secondary N) is 1. The minimum absolute atomic E-state index is 0.0844. The second kappa shape index (κ2) is 10.8. The summed E-state index contributed by atoms with van der Waals surface area (Å²) in [6, 6.07) is 11.9. The van der Waals surface area contributed by atoms with E-state index in [0.717, 1.165) is 40.3 Å². The van der Waals surface area contributed by atoms with Crippen LogP contribution in [0.2, 0.25) is 0 Å². The molecule has 0 saturated carbocycles. The molecule has 1 saturated heterocycles. The lowest BCUT2D eigenvalue weighted by atomic mass is 9.97. The van der Waals surface area contributed by atoms with Crippen molar-refractivity contribution in [3.63, 3.8) is 0 Å². The maximum atomic E-state index is 13.0. The van der Waals surface area contributed by atoms with Crippen LogP contribution < -0.4 is 10.2 Å². The molecule has 1 amide bonds. The number of nitrogens with zero attached hydrogens (tertiary/aromatic N) is 2. The van der Waals surface area contributed by atoms with Crippen molar-refractivity contribution in [1.29, 1.82) is 0 Å². The van der Waals surface area contributed by atoms with Crippen molar-refractivity contribution in [1.82, 2.24) is 9.62 Å². The third kappa shape index (κ3) is 6.29. The van der Waals surface area contributed by atoms with Crippen LogP contribution in [0.1, 0.15) is 30.9 Å². The molecule has 1 N–H and O–H groups in total. The van der Waals surface area contributed by atoms with Crippen LogP contribution in [0.4, 0.5) is 18.9 Å². The average Bonchev–Trinajstić information content (AvgIpc) is 2.81. The van der Waals surface area contributed by atoms with Crippen molar-refractivity contribution in [2.24, 2.45) is 5.92 Å². The van der Waals surface area contributed by atoms with E-state index >= 15 is 0 Å². The highest BCUT2D eigenvalue weighted by atomic mass is 32.2. The predicted octanol–water partition coefficient (Wildman–Crippen LogP) is 4.06. The van der Waals surface area contributed by atoms with Crippen LogP contribution in [0.5, 0.6) is 0 Å². The van der Waals surface area contributed by atoms with Gasteiger partial charge in [0.05, 0.1) is 10.5 Å². The molecule has 186 valence electrons. The molecule has 0 aliphatic carbocycles. The molecule has 1 fully saturated rings. The second-order valence-corrected chi connectivity index (χ2v) is 10.4. The van der Waals surface area contributed by atoms with Gasteiger partial charge in [0.1, 0.15) is 0 Å². The number of likely N-dealkylation sites (N-methyl/N-ethyl adjacent to an activating group) is 1. The van der Waals surface area contributed by atoms with Gasteiger partial charge in [-0.25, -0.2) is 8.42 Å². The van der Waals surface area contributed by atoms with Crippen LogP contribution in [0.25, 0.3) is 0 Å². The smallest absolute Gasteiger partial charge is 0.370 e. The van der Waals surface area contributed by atoms with Gasteiger partial charge in [-0.1, -0.05) is 18.2 Å². The Balaban J connectivity index is 1.52. The number of hydrogen-bond donors (Lipinski definition) is 1. The molecule has 10 heteroatoms. The van der Waals surface area contributed by atoms with Crippen molar-refractivity contribution in [3.8, 4) is 0 Å². The highest BCUT2D eigenvalue weighted by Gasteiger charge is 2.35. The minimum Gasteiger partial charge on any atom is -0.370 e. The molecular weight excluding hydrogens is 467 g/mol. The zero-order valence-electron chi connectivity index (χ0n) is 19.3. The molecule has 0 atom stereocenters. The molecule has 0 aromatic heterocycles. The fourth-order valence-corrected chi connectivity index (χ4v) is 5.61. The summed E-state index contributed by atoms with van der Waals surface area (Å²) in [6.45, 7) is 6.15. The monoisotopic (exact) mass is 497 g/mol. The van der Waals surface area contributed by atoms with Crippen molar-refractivity contribution >= 4 is 21.6 Å². The normalized spacial score (nSPS) is 15.8. The number of carbonyl (C=O) groups is 1. The number of sulfonamides is 1. The number of hydrogen-bond acceptors (Lipinski definition) is 4. The van der Waals surface area contributed by atoms with Gasteiger partial charge in [0.15, 0.2) is 0 Å². The summed E-state index contributed by atoms with van der Waals surface area (Å²) in [7, 11) is -4.06. The van der Waals surface area contributed by atoms with Crippen molar-refractivity contribution in [2.45, 2.75) is 37.8 Å². The topological polar surface area (TPSA) is 69.7 Å². The lowest BCUT2D eigenvalue weighted by Gasteiger charge is -2.31. The Kier molecular flexibility index (Phi) is 8.25. The fourth-order valence-electron chi connectivity index (χ4n) is 4.09.